The van der Waals surface area contributed by atoms with Crippen LogP contribution in [0.15, 0.2) is 152 Å². The number of pyridine rings is 2. The number of nitrogens with zero attached hydrogens (tertiary/aromatic N) is 3. The van der Waals surface area contributed by atoms with Gasteiger partial charge < -0.3 is 4.57 Å². The Morgan fingerprint density at radius 3 is 1.48 bits per heavy atom. The summed E-state index contributed by atoms with van der Waals surface area (Å²) in [5.41, 5.74) is 7.98. The maximum Gasteiger partial charge on any atom is 0.418 e. The van der Waals surface area contributed by atoms with Crippen molar-refractivity contribution in [1.82, 2.24) is 14.5 Å². The molecule has 0 amide bonds. The standard InChI is InChI=1S/C42H28F3N3/c1-27-11-8-18-36(39(27)42(43,44)45)48-37-25-30(32-16-9-23-46-40(32)28-12-4-2-5-13-28)19-21-34(37)35-22-20-31(26-38(35)48)33-17-10-24-47-41(33)29-14-6-3-7-15-29/h2-26H,1H3. The topological polar surface area (TPSA) is 30.7 Å². The van der Waals surface area contributed by atoms with Crippen LogP contribution in [0.25, 0.3) is 72.3 Å². The van der Waals surface area contributed by atoms with E-state index < -0.39 is 11.7 Å². The molecule has 8 aromatic rings. The molecule has 0 aliphatic heterocycles. The summed E-state index contributed by atoms with van der Waals surface area (Å²) in [6.07, 6.45) is -1.05. The molecule has 3 nitrogen and oxygen atoms in total. The fourth-order valence-electron chi connectivity index (χ4n) is 6.75. The van der Waals surface area contributed by atoms with Gasteiger partial charge >= 0.3 is 6.18 Å². The molecule has 0 saturated carbocycles. The van der Waals surface area contributed by atoms with Crippen molar-refractivity contribution in [3.05, 3.63) is 163 Å². The van der Waals surface area contributed by atoms with E-state index in [2.05, 4.69) is 0 Å². The monoisotopic (exact) mass is 631 g/mol. The van der Waals surface area contributed by atoms with E-state index in [0.29, 0.717) is 11.0 Å². The van der Waals surface area contributed by atoms with E-state index >= 15 is 0 Å². The summed E-state index contributed by atoms with van der Waals surface area (Å²) in [4.78, 5) is 9.41. The maximum absolute atomic E-state index is 14.8. The number of benzene rings is 5. The summed E-state index contributed by atoms with van der Waals surface area (Å²) in [5.74, 6) is 0. The molecule has 3 heterocycles. The lowest BCUT2D eigenvalue weighted by Crippen LogP contribution is -2.13. The van der Waals surface area contributed by atoms with Crippen molar-refractivity contribution >= 4 is 21.8 Å². The summed E-state index contributed by atoms with van der Waals surface area (Å²) in [7, 11) is 0. The normalized spacial score (nSPS) is 11.8. The van der Waals surface area contributed by atoms with Crippen molar-refractivity contribution in [2.75, 3.05) is 0 Å². The van der Waals surface area contributed by atoms with E-state index in [1.54, 1.807) is 29.1 Å². The summed E-state index contributed by atoms with van der Waals surface area (Å²) >= 11 is 0. The molecule has 0 bridgehead atoms. The number of aryl methyl sites for hydroxylation is 1. The predicted molar refractivity (Wildman–Crippen MR) is 188 cm³/mol. The number of alkyl halides is 3. The minimum Gasteiger partial charge on any atom is -0.309 e. The van der Waals surface area contributed by atoms with Gasteiger partial charge in [0.2, 0.25) is 0 Å². The molecule has 232 valence electrons. The van der Waals surface area contributed by atoms with Crippen LogP contribution in [0.4, 0.5) is 13.2 Å². The van der Waals surface area contributed by atoms with E-state index in [4.69, 9.17) is 9.97 Å². The van der Waals surface area contributed by atoms with Crippen LogP contribution in [0.3, 0.4) is 0 Å². The summed E-state index contributed by atoms with van der Waals surface area (Å²) in [5, 5.41) is 1.71. The molecule has 0 saturated heterocycles. The highest BCUT2D eigenvalue weighted by Gasteiger charge is 2.36. The zero-order chi connectivity index (χ0) is 32.8. The van der Waals surface area contributed by atoms with E-state index in [1.807, 2.05) is 121 Å². The summed E-state index contributed by atoms with van der Waals surface area (Å²) in [6.45, 7) is 1.51. The van der Waals surface area contributed by atoms with Crippen molar-refractivity contribution in [2.24, 2.45) is 0 Å². The van der Waals surface area contributed by atoms with E-state index in [9.17, 15) is 13.2 Å². The molecule has 48 heavy (non-hydrogen) atoms. The van der Waals surface area contributed by atoms with Crippen molar-refractivity contribution < 1.29 is 13.2 Å². The SMILES string of the molecule is Cc1cccc(-n2c3cc(-c4cccnc4-c4ccccc4)ccc3c3ccc(-c4cccnc4-c4ccccc4)cc32)c1C(F)(F)F. The fourth-order valence-corrected chi connectivity index (χ4v) is 6.75. The molecule has 5 aromatic carbocycles. The number of rotatable bonds is 5. The molecular weight excluding hydrogens is 603 g/mol. The van der Waals surface area contributed by atoms with Crippen LogP contribution in [0, 0.1) is 6.92 Å². The average Bonchev–Trinajstić information content (AvgIpc) is 3.44. The highest BCUT2D eigenvalue weighted by atomic mass is 19.4. The number of halogens is 3. The van der Waals surface area contributed by atoms with Crippen LogP contribution in [-0.4, -0.2) is 14.5 Å². The second-order valence-electron chi connectivity index (χ2n) is 11.8. The Kier molecular flexibility index (Phi) is 7.14. The molecule has 6 heteroatoms. The van der Waals surface area contributed by atoms with Crippen molar-refractivity contribution in [2.45, 2.75) is 13.1 Å². The molecule has 0 N–H and O–H groups in total. The third kappa shape index (κ3) is 5.03. The van der Waals surface area contributed by atoms with Crippen molar-refractivity contribution in [3.8, 4) is 50.5 Å². The smallest absolute Gasteiger partial charge is 0.309 e. The second kappa shape index (κ2) is 11.7. The third-order valence-electron chi connectivity index (χ3n) is 8.87. The zero-order valence-electron chi connectivity index (χ0n) is 25.9. The molecule has 0 aliphatic carbocycles. The Labute approximate surface area is 275 Å². The first-order valence-electron chi connectivity index (χ1n) is 15.7. The van der Waals surface area contributed by atoms with Crippen LogP contribution >= 0.6 is 0 Å². The molecule has 3 aromatic heterocycles. The van der Waals surface area contributed by atoms with Crippen LogP contribution in [0.5, 0.6) is 0 Å². The van der Waals surface area contributed by atoms with Gasteiger partial charge in [-0.1, -0.05) is 109 Å². The molecule has 0 spiro atoms. The Hall–Kier alpha value is -6.01. The van der Waals surface area contributed by atoms with Gasteiger partial charge in [-0.25, -0.2) is 0 Å². The van der Waals surface area contributed by atoms with E-state index in [0.717, 1.165) is 55.5 Å². The minimum absolute atomic E-state index is 0.0840. The number of fused-ring (bicyclic) bond motifs is 3. The molecule has 0 unspecified atom stereocenters. The summed E-state index contributed by atoms with van der Waals surface area (Å²) < 4.78 is 46.3. The maximum atomic E-state index is 14.8. The van der Waals surface area contributed by atoms with Crippen LogP contribution < -0.4 is 0 Å². The van der Waals surface area contributed by atoms with Gasteiger partial charge in [0.15, 0.2) is 0 Å². The highest BCUT2D eigenvalue weighted by molar-refractivity contribution is 6.11. The Morgan fingerprint density at radius 1 is 0.500 bits per heavy atom. The minimum atomic E-state index is -4.56. The largest absolute Gasteiger partial charge is 0.418 e. The molecule has 8 rings (SSSR count). The number of hydrogen-bond acceptors (Lipinski definition) is 2. The van der Waals surface area contributed by atoms with Gasteiger partial charge in [-0.3, -0.25) is 9.97 Å². The first-order chi connectivity index (χ1) is 23.4. The van der Waals surface area contributed by atoms with Gasteiger partial charge in [-0.05, 0) is 53.9 Å². The van der Waals surface area contributed by atoms with Crippen molar-refractivity contribution in [1.29, 1.82) is 0 Å². The quantitative estimate of drug-likeness (QED) is 0.189. The second-order valence-corrected chi connectivity index (χ2v) is 11.8. The van der Waals surface area contributed by atoms with Crippen LogP contribution in [0.1, 0.15) is 11.1 Å². The fraction of sp³-hybridized carbons (Fsp3) is 0.0476. The molecule has 0 radical (unpaired) electrons. The lowest BCUT2D eigenvalue weighted by molar-refractivity contribution is -0.137. The van der Waals surface area contributed by atoms with Gasteiger partial charge in [-0.2, -0.15) is 13.2 Å². The zero-order valence-corrected chi connectivity index (χ0v) is 25.9. The lowest BCUT2D eigenvalue weighted by Gasteiger charge is -2.18. The number of hydrogen-bond donors (Lipinski definition) is 0. The molecule has 0 aliphatic rings. The van der Waals surface area contributed by atoms with E-state index in [1.165, 1.54) is 13.0 Å². The van der Waals surface area contributed by atoms with Gasteiger partial charge in [-0.15, -0.1) is 0 Å². The van der Waals surface area contributed by atoms with Gasteiger partial charge in [0.1, 0.15) is 0 Å². The first kappa shape index (κ1) is 29.4. The Morgan fingerprint density at radius 2 is 1.00 bits per heavy atom. The predicted octanol–water partition coefficient (Wildman–Crippen LogP) is 11.6. The lowest BCUT2D eigenvalue weighted by atomic mass is 9.97. The Balaban J connectivity index is 1.43. The molecule has 0 atom stereocenters. The van der Waals surface area contributed by atoms with E-state index in [-0.39, 0.29) is 11.3 Å². The summed E-state index contributed by atoms with van der Waals surface area (Å²) in [6, 6.07) is 44.4. The van der Waals surface area contributed by atoms with Crippen LogP contribution in [-0.2, 0) is 6.18 Å². The van der Waals surface area contributed by atoms with Gasteiger partial charge in [0, 0.05) is 45.4 Å². The van der Waals surface area contributed by atoms with Gasteiger partial charge in [0.25, 0.3) is 0 Å². The van der Waals surface area contributed by atoms with Crippen molar-refractivity contribution in [3.63, 3.8) is 0 Å². The average molecular weight is 632 g/mol. The molecular formula is C42H28F3N3. The number of aromatic nitrogens is 3. The van der Waals surface area contributed by atoms with Crippen LogP contribution in [0.2, 0.25) is 0 Å². The highest BCUT2D eigenvalue weighted by Crippen LogP contribution is 2.43. The molecule has 0 fully saturated rings. The van der Waals surface area contributed by atoms with Gasteiger partial charge in [0.05, 0.1) is 33.7 Å². The Bertz CT molecular complexity index is 2310. The third-order valence-corrected chi connectivity index (χ3v) is 8.87. The first-order valence-corrected chi connectivity index (χ1v) is 15.7.